The number of carbonyl (C=O) groups excluding carboxylic acids is 1. The number of hydrogen-bond acceptors (Lipinski definition) is 6. The first-order valence-electron chi connectivity index (χ1n) is 7.15. The van der Waals surface area contributed by atoms with E-state index in [9.17, 15) is 14.9 Å². The Balaban J connectivity index is 1.62. The molecule has 7 nitrogen and oxygen atoms in total. The molecule has 25 heavy (non-hydrogen) atoms. The molecule has 1 aromatic heterocycles. The molecule has 0 unspecified atom stereocenters. The van der Waals surface area contributed by atoms with Crippen LogP contribution in [-0.4, -0.2) is 15.9 Å². The third-order valence-corrected chi connectivity index (χ3v) is 3.57. The van der Waals surface area contributed by atoms with Crippen LogP contribution in [0.2, 0.25) is 5.02 Å². The van der Waals surface area contributed by atoms with Crippen LogP contribution in [0.25, 0.3) is 11.3 Å². The van der Waals surface area contributed by atoms with Gasteiger partial charge in [-0.2, -0.15) is 0 Å². The van der Waals surface area contributed by atoms with E-state index in [1.165, 1.54) is 30.5 Å². The van der Waals surface area contributed by atoms with Gasteiger partial charge in [-0.05, 0) is 36.4 Å². The van der Waals surface area contributed by atoms with Crippen molar-refractivity contribution in [2.24, 2.45) is 0 Å². The van der Waals surface area contributed by atoms with Crippen LogP contribution in [0.3, 0.4) is 0 Å². The van der Waals surface area contributed by atoms with Crippen LogP contribution in [0.5, 0.6) is 0 Å². The van der Waals surface area contributed by atoms with E-state index < -0.39 is 10.9 Å². The van der Waals surface area contributed by atoms with Crippen molar-refractivity contribution in [3.8, 4) is 11.3 Å². The first-order valence-corrected chi connectivity index (χ1v) is 7.53. The minimum Gasteiger partial charge on any atom is -0.452 e. The fourth-order valence-corrected chi connectivity index (χ4v) is 2.18. The number of nitro benzene ring substituents is 1. The quantitative estimate of drug-likeness (QED) is 0.384. The van der Waals surface area contributed by atoms with E-state index in [0.29, 0.717) is 10.8 Å². The van der Waals surface area contributed by atoms with Crippen LogP contribution in [-0.2, 0) is 11.3 Å². The molecule has 2 aromatic carbocycles. The second-order valence-electron chi connectivity index (χ2n) is 5.01. The Morgan fingerprint density at radius 2 is 1.84 bits per heavy atom. The summed E-state index contributed by atoms with van der Waals surface area (Å²) in [6.07, 6.45) is 1.53. The zero-order chi connectivity index (χ0) is 17.8. The molecule has 3 aromatic rings. The number of aromatic nitrogens is 1. The molecule has 126 valence electrons. The molecule has 8 heteroatoms. The number of hydrogen-bond donors (Lipinski definition) is 0. The number of esters is 1. The number of rotatable bonds is 5. The summed E-state index contributed by atoms with van der Waals surface area (Å²) in [6.45, 7) is -0.149. The molecule has 0 amide bonds. The highest BCUT2D eigenvalue weighted by Gasteiger charge is 2.13. The molecule has 0 spiro atoms. The highest BCUT2D eigenvalue weighted by molar-refractivity contribution is 6.30. The highest BCUT2D eigenvalue weighted by atomic mass is 35.5. The van der Waals surface area contributed by atoms with Crippen molar-refractivity contribution in [1.82, 2.24) is 4.98 Å². The minimum atomic E-state index is -0.624. The maximum Gasteiger partial charge on any atom is 0.338 e. The molecule has 0 N–H and O–H groups in total. The van der Waals surface area contributed by atoms with E-state index in [2.05, 4.69) is 4.98 Å². The van der Waals surface area contributed by atoms with Gasteiger partial charge < -0.3 is 9.15 Å². The van der Waals surface area contributed by atoms with Gasteiger partial charge in [0.2, 0.25) is 5.89 Å². The molecule has 0 aliphatic carbocycles. The summed E-state index contributed by atoms with van der Waals surface area (Å²) in [5, 5.41) is 11.2. The summed E-state index contributed by atoms with van der Waals surface area (Å²) in [5.41, 5.74) is 0.900. The maximum absolute atomic E-state index is 11.9. The van der Waals surface area contributed by atoms with Crippen LogP contribution in [0, 0.1) is 10.1 Å². The van der Waals surface area contributed by atoms with E-state index in [0.717, 1.165) is 5.56 Å². The van der Waals surface area contributed by atoms with E-state index in [-0.39, 0.29) is 23.7 Å². The van der Waals surface area contributed by atoms with Gasteiger partial charge in [0.25, 0.3) is 5.69 Å². The Bertz CT molecular complexity index is 904. The van der Waals surface area contributed by atoms with Gasteiger partial charge in [-0.1, -0.05) is 11.6 Å². The molecular weight excluding hydrogens is 348 g/mol. The largest absolute Gasteiger partial charge is 0.452 e. The smallest absolute Gasteiger partial charge is 0.338 e. The summed E-state index contributed by atoms with van der Waals surface area (Å²) in [4.78, 5) is 26.0. The third-order valence-electron chi connectivity index (χ3n) is 3.32. The number of benzene rings is 2. The van der Waals surface area contributed by atoms with Crippen molar-refractivity contribution in [3.63, 3.8) is 0 Å². The molecule has 0 bridgehead atoms. The standard InChI is InChI=1S/C17H11ClN2O5/c18-13-5-1-11(2-6-13)15-9-19-16(25-15)10-24-17(21)12-3-7-14(8-4-12)20(22)23/h1-9H,10H2. The van der Waals surface area contributed by atoms with E-state index in [1.807, 2.05) is 0 Å². The Morgan fingerprint density at radius 3 is 2.48 bits per heavy atom. The highest BCUT2D eigenvalue weighted by Crippen LogP contribution is 2.22. The minimum absolute atomic E-state index is 0.100. The Kier molecular flexibility index (Phi) is 4.76. The van der Waals surface area contributed by atoms with Gasteiger partial charge >= 0.3 is 5.97 Å². The number of nitrogens with zero attached hydrogens (tertiary/aromatic N) is 2. The van der Waals surface area contributed by atoms with Crippen molar-refractivity contribution in [1.29, 1.82) is 0 Å². The fourth-order valence-electron chi connectivity index (χ4n) is 2.05. The Morgan fingerprint density at radius 1 is 1.16 bits per heavy atom. The average molecular weight is 359 g/mol. The number of non-ortho nitro benzene ring substituents is 1. The van der Waals surface area contributed by atoms with Crippen molar-refractivity contribution in [3.05, 3.63) is 81.3 Å². The molecule has 0 aliphatic heterocycles. The number of oxazole rings is 1. The average Bonchev–Trinajstić information content (AvgIpc) is 3.09. The van der Waals surface area contributed by atoms with E-state index >= 15 is 0 Å². The molecule has 0 aliphatic rings. The number of nitro groups is 1. The molecular formula is C17H11ClN2O5. The number of carbonyl (C=O) groups is 1. The van der Waals surface area contributed by atoms with Crippen molar-refractivity contribution in [2.45, 2.75) is 6.61 Å². The fraction of sp³-hybridized carbons (Fsp3) is 0.0588. The lowest BCUT2D eigenvalue weighted by molar-refractivity contribution is -0.384. The van der Waals surface area contributed by atoms with Crippen molar-refractivity contribution < 1.29 is 18.9 Å². The topological polar surface area (TPSA) is 95.5 Å². The second kappa shape index (κ2) is 7.14. The van der Waals surface area contributed by atoms with Crippen LogP contribution < -0.4 is 0 Å². The van der Waals surface area contributed by atoms with Gasteiger partial charge in [0.15, 0.2) is 12.4 Å². The second-order valence-corrected chi connectivity index (χ2v) is 5.44. The summed E-state index contributed by atoms with van der Waals surface area (Å²) in [6, 6.07) is 12.2. The van der Waals surface area contributed by atoms with Crippen molar-refractivity contribution >= 4 is 23.3 Å². The van der Waals surface area contributed by atoms with Crippen LogP contribution in [0.15, 0.2) is 59.1 Å². The molecule has 0 saturated heterocycles. The monoisotopic (exact) mass is 358 g/mol. The number of halogens is 1. The van der Waals surface area contributed by atoms with Gasteiger partial charge in [-0.15, -0.1) is 0 Å². The SMILES string of the molecule is O=C(OCc1ncc(-c2ccc(Cl)cc2)o1)c1ccc([N+](=O)[O-])cc1. The normalized spacial score (nSPS) is 10.4. The number of ether oxygens (including phenoxy) is 1. The lowest BCUT2D eigenvalue weighted by Gasteiger charge is -2.02. The van der Waals surface area contributed by atoms with Gasteiger partial charge in [0.1, 0.15) is 0 Å². The molecule has 0 fully saturated rings. The summed E-state index contributed by atoms with van der Waals surface area (Å²) >= 11 is 5.83. The molecule has 3 rings (SSSR count). The predicted octanol–water partition coefficient (Wildman–Crippen LogP) is 4.26. The zero-order valence-corrected chi connectivity index (χ0v) is 13.5. The Labute approximate surface area is 147 Å². The van der Waals surface area contributed by atoms with Gasteiger partial charge in [0.05, 0.1) is 16.7 Å². The van der Waals surface area contributed by atoms with Gasteiger partial charge in [0, 0.05) is 22.7 Å². The zero-order valence-electron chi connectivity index (χ0n) is 12.7. The first kappa shape index (κ1) is 16.7. The molecule has 0 saturated carbocycles. The first-order chi connectivity index (χ1) is 12.0. The van der Waals surface area contributed by atoms with Crippen LogP contribution in [0.1, 0.15) is 16.2 Å². The van der Waals surface area contributed by atoms with Crippen molar-refractivity contribution in [2.75, 3.05) is 0 Å². The lowest BCUT2D eigenvalue weighted by atomic mass is 10.2. The molecule has 1 heterocycles. The molecule has 0 atom stereocenters. The lowest BCUT2D eigenvalue weighted by Crippen LogP contribution is -2.05. The maximum atomic E-state index is 11.9. The van der Waals surface area contributed by atoms with E-state index in [1.54, 1.807) is 24.3 Å². The van der Waals surface area contributed by atoms with Crippen LogP contribution in [0.4, 0.5) is 5.69 Å². The van der Waals surface area contributed by atoms with Gasteiger partial charge in [-0.25, -0.2) is 9.78 Å². The summed E-state index contributed by atoms with van der Waals surface area (Å²) in [7, 11) is 0. The summed E-state index contributed by atoms with van der Waals surface area (Å²) in [5.74, 6) is 0.138. The Hall–Kier alpha value is -3.19. The van der Waals surface area contributed by atoms with E-state index in [4.69, 9.17) is 20.8 Å². The predicted molar refractivity (Wildman–Crippen MR) is 89.2 cm³/mol. The molecule has 0 radical (unpaired) electrons. The van der Waals surface area contributed by atoms with Crippen LogP contribution >= 0.6 is 11.6 Å². The third kappa shape index (κ3) is 4.02. The van der Waals surface area contributed by atoms with Gasteiger partial charge in [-0.3, -0.25) is 10.1 Å². The summed E-state index contributed by atoms with van der Waals surface area (Å²) < 4.78 is 10.6.